The highest BCUT2D eigenvalue weighted by Crippen LogP contribution is 2.57. The van der Waals surface area contributed by atoms with Crippen LogP contribution in [0.5, 0.6) is 5.75 Å². The van der Waals surface area contributed by atoms with Crippen molar-refractivity contribution in [2.24, 2.45) is 16.5 Å². The van der Waals surface area contributed by atoms with Crippen molar-refractivity contribution in [2.75, 3.05) is 13.2 Å². The van der Waals surface area contributed by atoms with E-state index in [1.54, 1.807) is 0 Å². The Labute approximate surface area is 238 Å². The van der Waals surface area contributed by atoms with Gasteiger partial charge in [0, 0.05) is 5.56 Å². The van der Waals surface area contributed by atoms with Crippen molar-refractivity contribution in [2.45, 2.75) is 70.6 Å². The molecule has 0 bridgehead atoms. The number of benzene rings is 3. The maximum Gasteiger partial charge on any atom is 0.309 e. The molecule has 0 aliphatic heterocycles. The minimum absolute atomic E-state index is 0.0706. The van der Waals surface area contributed by atoms with Crippen LogP contribution in [0.3, 0.4) is 0 Å². The van der Waals surface area contributed by atoms with E-state index in [-0.39, 0.29) is 11.3 Å². The van der Waals surface area contributed by atoms with Crippen LogP contribution < -0.4 is 4.74 Å². The van der Waals surface area contributed by atoms with Gasteiger partial charge in [-0.3, -0.25) is 4.79 Å². The Morgan fingerprint density at radius 3 is 2.20 bits per heavy atom. The average Bonchev–Trinajstić information content (AvgIpc) is 2.97. The standard InChI is InChI=1S/C35H41NO4/c1-34-20-11-21-35(2,33(37)38)32(34)25-31(36-40-23-10-17-27-14-7-4-8-15-27)29-19-18-28(24-30(29)34)39-22-9-16-26-12-5-3-6-13-26/h3-8,12-15,18-19,24,32H,9-11,16-17,20-23,25H2,1-2H3,(H,37,38)/b36-31+/t32-,34-,35+/m1/s1. The number of ether oxygens (including phenoxy) is 1. The van der Waals surface area contributed by atoms with Crippen LogP contribution >= 0.6 is 0 Å². The summed E-state index contributed by atoms with van der Waals surface area (Å²) in [5.41, 5.74) is 4.57. The molecule has 0 unspecified atom stereocenters. The molecule has 40 heavy (non-hydrogen) atoms. The van der Waals surface area contributed by atoms with Crippen molar-refractivity contribution >= 4 is 11.7 Å². The maximum absolute atomic E-state index is 12.6. The first kappa shape index (κ1) is 27.9. The van der Waals surface area contributed by atoms with Crippen LogP contribution in [-0.2, 0) is 27.9 Å². The molecule has 3 atom stereocenters. The van der Waals surface area contributed by atoms with Crippen LogP contribution in [0.25, 0.3) is 0 Å². The molecular weight excluding hydrogens is 498 g/mol. The zero-order valence-electron chi connectivity index (χ0n) is 23.8. The summed E-state index contributed by atoms with van der Waals surface area (Å²) in [4.78, 5) is 18.4. The fraction of sp³-hybridized carbons (Fsp3) is 0.429. The molecule has 2 aliphatic carbocycles. The van der Waals surface area contributed by atoms with Crippen molar-refractivity contribution < 1.29 is 19.5 Å². The molecule has 1 fully saturated rings. The van der Waals surface area contributed by atoms with E-state index < -0.39 is 11.4 Å². The van der Waals surface area contributed by atoms with Crippen LogP contribution in [-0.4, -0.2) is 30.0 Å². The average molecular weight is 540 g/mol. The van der Waals surface area contributed by atoms with E-state index in [1.807, 2.05) is 25.1 Å². The quantitative estimate of drug-likeness (QED) is 0.201. The topological polar surface area (TPSA) is 68.1 Å². The summed E-state index contributed by atoms with van der Waals surface area (Å²) in [6, 6.07) is 27.1. The predicted octanol–water partition coefficient (Wildman–Crippen LogP) is 7.60. The summed E-state index contributed by atoms with van der Waals surface area (Å²) in [6.45, 7) is 5.32. The molecule has 0 spiro atoms. The van der Waals surface area contributed by atoms with E-state index in [0.717, 1.165) is 61.1 Å². The molecule has 3 aromatic carbocycles. The molecule has 210 valence electrons. The second-order valence-electron chi connectivity index (χ2n) is 11.9. The van der Waals surface area contributed by atoms with Crippen LogP contribution in [0.4, 0.5) is 0 Å². The number of carboxylic acids is 1. The highest BCUT2D eigenvalue weighted by molar-refractivity contribution is 6.04. The predicted molar refractivity (Wildman–Crippen MR) is 159 cm³/mol. The number of hydrogen-bond acceptors (Lipinski definition) is 4. The van der Waals surface area contributed by atoms with Crippen LogP contribution in [0, 0.1) is 11.3 Å². The molecule has 2 aliphatic rings. The molecular formula is C35H41NO4. The van der Waals surface area contributed by atoms with E-state index in [0.29, 0.717) is 26.1 Å². The molecule has 0 amide bonds. The summed E-state index contributed by atoms with van der Waals surface area (Å²) in [7, 11) is 0. The van der Waals surface area contributed by atoms with Gasteiger partial charge in [0.15, 0.2) is 0 Å². The van der Waals surface area contributed by atoms with Gasteiger partial charge in [-0.25, -0.2) is 0 Å². The first-order valence-corrected chi connectivity index (χ1v) is 14.7. The molecule has 3 aromatic rings. The second-order valence-corrected chi connectivity index (χ2v) is 11.9. The molecule has 5 rings (SSSR count). The lowest BCUT2D eigenvalue weighted by atomic mass is 9.49. The number of carbonyl (C=O) groups is 1. The van der Waals surface area contributed by atoms with E-state index in [2.05, 4.69) is 72.7 Å². The monoisotopic (exact) mass is 539 g/mol. The van der Waals surface area contributed by atoms with Gasteiger partial charge in [0.05, 0.1) is 17.7 Å². The second kappa shape index (κ2) is 12.3. The van der Waals surface area contributed by atoms with Gasteiger partial charge in [-0.15, -0.1) is 0 Å². The van der Waals surface area contributed by atoms with Gasteiger partial charge in [0.2, 0.25) is 0 Å². The molecule has 0 saturated heterocycles. The lowest BCUT2D eigenvalue weighted by Crippen LogP contribution is -2.53. The zero-order chi connectivity index (χ0) is 28.0. The van der Waals surface area contributed by atoms with E-state index in [4.69, 9.17) is 9.57 Å². The summed E-state index contributed by atoms with van der Waals surface area (Å²) in [5, 5.41) is 15.0. The normalized spacial score (nSPS) is 24.6. The van der Waals surface area contributed by atoms with Crippen LogP contribution in [0.1, 0.15) is 74.6 Å². The minimum atomic E-state index is -0.814. The molecule has 5 heteroatoms. The third-order valence-electron chi connectivity index (χ3n) is 9.17. The van der Waals surface area contributed by atoms with E-state index in [9.17, 15) is 9.90 Å². The van der Waals surface area contributed by atoms with Crippen molar-refractivity contribution in [3.63, 3.8) is 0 Å². The van der Waals surface area contributed by atoms with Crippen LogP contribution in [0.2, 0.25) is 0 Å². The SMILES string of the molecule is C[C@]1(C(=O)O)CCC[C@]2(C)c3cc(OCCCc4ccccc4)ccc3/C(=N/OCCCc3ccccc3)C[C@@H]12. The van der Waals surface area contributed by atoms with Gasteiger partial charge in [-0.2, -0.15) is 0 Å². The number of fused-ring (bicyclic) bond motifs is 3. The number of aryl methyl sites for hydroxylation is 2. The third kappa shape index (κ3) is 5.94. The molecule has 1 saturated carbocycles. The first-order chi connectivity index (χ1) is 19.4. The Balaban J connectivity index is 1.34. The Morgan fingerprint density at radius 1 is 0.900 bits per heavy atom. The number of carboxylic acid groups (broad SMARTS) is 1. The van der Waals surface area contributed by atoms with Gasteiger partial charge in [0.1, 0.15) is 12.4 Å². The van der Waals surface area contributed by atoms with Crippen molar-refractivity contribution in [3.05, 3.63) is 101 Å². The summed E-state index contributed by atoms with van der Waals surface area (Å²) in [6.07, 6.45) is 6.84. The van der Waals surface area contributed by atoms with Gasteiger partial charge in [-0.1, -0.05) is 79.2 Å². The fourth-order valence-electron chi connectivity index (χ4n) is 6.85. The van der Waals surface area contributed by atoms with Gasteiger partial charge in [-0.05, 0) is 98.1 Å². The van der Waals surface area contributed by atoms with Crippen molar-refractivity contribution in [1.82, 2.24) is 0 Å². The fourth-order valence-corrected chi connectivity index (χ4v) is 6.85. The largest absolute Gasteiger partial charge is 0.494 e. The van der Waals surface area contributed by atoms with E-state index in [1.165, 1.54) is 11.1 Å². The molecule has 0 heterocycles. The third-order valence-corrected chi connectivity index (χ3v) is 9.17. The highest BCUT2D eigenvalue weighted by atomic mass is 16.6. The lowest BCUT2D eigenvalue weighted by Gasteiger charge is -2.53. The molecule has 0 aromatic heterocycles. The van der Waals surface area contributed by atoms with Gasteiger partial charge < -0.3 is 14.7 Å². The van der Waals surface area contributed by atoms with Gasteiger partial charge in [0.25, 0.3) is 0 Å². The first-order valence-electron chi connectivity index (χ1n) is 14.7. The number of hydrogen-bond donors (Lipinski definition) is 1. The van der Waals surface area contributed by atoms with Gasteiger partial charge >= 0.3 is 5.97 Å². The molecule has 0 radical (unpaired) electrons. The number of aliphatic carboxylic acids is 1. The maximum atomic E-state index is 12.6. The number of nitrogens with zero attached hydrogens (tertiary/aromatic N) is 1. The Bertz CT molecular complexity index is 1320. The number of rotatable bonds is 11. The smallest absolute Gasteiger partial charge is 0.309 e. The summed E-state index contributed by atoms with van der Waals surface area (Å²) >= 11 is 0. The molecule has 5 nitrogen and oxygen atoms in total. The Hall–Kier alpha value is -3.60. The summed E-state index contributed by atoms with van der Waals surface area (Å²) in [5.74, 6) is 0.0430. The van der Waals surface area contributed by atoms with E-state index >= 15 is 0 Å². The van der Waals surface area contributed by atoms with Crippen molar-refractivity contribution in [1.29, 1.82) is 0 Å². The number of oxime groups is 1. The zero-order valence-corrected chi connectivity index (χ0v) is 23.8. The highest BCUT2D eigenvalue weighted by Gasteiger charge is 2.56. The summed E-state index contributed by atoms with van der Waals surface area (Å²) < 4.78 is 6.22. The lowest BCUT2D eigenvalue weighted by molar-refractivity contribution is -0.156. The van der Waals surface area contributed by atoms with Crippen LogP contribution in [0.15, 0.2) is 84.0 Å². The molecule has 1 N–H and O–H groups in total. The Morgan fingerprint density at radius 2 is 1.55 bits per heavy atom. The Kier molecular flexibility index (Phi) is 8.58. The minimum Gasteiger partial charge on any atom is -0.494 e. The van der Waals surface area contributed by atoms with Crippen molar-refractivity contribution in [3.8, 4) is 5.75 Å².